The molecule has 0 aliphatic carbocycles. The van der Waals surface area contributed by atoms with Gasteiger partial charge in [-0.05, 0) is 18.2 Å². The third kappa shape index (κ3) is 3.03. The van der Waals surface area contributed by atoms with Gasteiger partial charge in [0.1, 0.15) is 4.88 Å². The van der Waals surface area contributed by atoms with Crippen LogP contribution in [0.2, 0.25) is 9.36 Å². The maximum Gasteiger partial charge on any atom is 0.350 e. The molecule has 1 aromatic carbocycles. The summed E-state index contributed by atoms with van der Waals surface area (Å²) in [6.45, 7) is -0.333. The van der Waals surface area contributed by atoms with E-state index in [1.54, 1.807) is 12.1 Å². The second kappa shape index (κ2) is 6.38. The van der Waals surface area contributed by atoms with Crippen LogP contribution in [0.25, 0.3) is 10.1 Å². The van der Waals surface area contributed by atoms with Crippen molar-refractivity contribution in [1.29, 1.82) is 0 Å². The molecule has 0 unspecified atom stereocenters. The van der Waals surface area contributed by atoms with Gasteiger partial charge in [-0.25, -0.2) is 4.79 Å². The fourth-order valence-electron chi connectivity index (χ4n) is 1.88. The predicted molar refractivity (Wildman–Crippen MR) is 90.8 cm³/mol. The lowest BCUT2D eigenvalue weighted by Gasteiger charge is -2.01. The number of benzene rings is 1. The molecule has 0 N–H and O–H groups in total. The van der Waals surface area contributed by atoms with Crippen LogP contribution in [-0.2, 0) is 4.74 Å². The average molecular weight is 371 g/mol. The number of carbonyl (C=O) groups is 2. The monoisotopic (exact) mass is 370 g/mol. The van der Waals surface area contributed by atoms with E-state index in [0.29, 0.717) is 19.1 Å². The van der Waals surface area contributed by atoms with Gasteiger partial charge in [-0.2, -0.15) is 0 Å². The summed E-state index contributed by atoms with van der Waals surface area (Å²) in [6.07, 6.45) is 0. The molecule has 2 aromatic heterocycles. The number of ketones is 1. The van der Waals surface area contributed by atoms with Gasteiger partial charge in [0.2, 0.25) is 5.78 Å². The van der Waals surface area contributed by atoms with E-state index in [0.717, 1.165) is 21.4 Å². The predicted octanol–water partition coefficient (Wildman–Crippen LogP) is 5.31. The molecular formula is C15H8Cl2O3S2. The molecule has 112 valence electrons. The molecule has 0 atom stereocenters. The number of hydrogen-bond donors (Lipinski definition) is 0. The van der Waals surface area contributed by atoms with Gasteiger partial charge in [0, 0.05) is 10.1 Å². The molecular weight excluding hydrogens is 363 g/mol. The third-order valence-corrected chi connectivity index (χ3v) is 5.83. The van der Waals surface area contributed by atoms with E-state index < -0.39 is 5.97 Å². The zero-order valence-corrected chi connectivity index (χ0v) is 14.1. The molecule has 0 bridgehead atoms. The van der Waals surface area contributed by atoms with E-state index in [4.69, 9.17) is 27.9 Å². The minimum Gasteiger partial charge on any atom is -0.453 e. The topological polar surface area (TPSA) is 43.4 Å². The van der Waals surface area contributed by atoms with E-state index in [1.165, 1.54) is 11.3 Å². The summed E-state index contributed by atoms with van der Waals surface area (Å²) in [6, 6.07) is 10.7. The molecule has 0 aliphatic heterocycles. The van der Waals surface area contributed by atoms with Gasteiger partial charge in [-0.15, -0.1) is 22.7 Å². The normalized spacial score (nSPS) is 10.8. The average Bonchev–Trinajstić information content (AvgIpc) is 3.09. The van der Waals surface area contributed by atoms with Gasteiger partial charge >= 0.3 is 5.97 Å². The number of ether oxygens (including phenoxy) is 1. The Hall–Kier alpha value is -1.40. The molecule has 0 aliphatic rings. The zero-order chi connectivity index (χ0) is 15.7. The SMILES string of the molecule is O=C(COC(=O)c1sc2ccccc2c1Cl)c1ccc(Cl)s1. The van der Waals surface area contributed by atoms with Crippen molar-refractivity contribution in [3.63, 3.8) is 0 Å². The highest BCUT2D eigenvalue weighted by Gasteiger charge is 2.20. The zero-order valence-electron chi connectivity index (χ0n) is 11.0. The number of esters is 1. The standard InChI is InChI=1S/C15H8Cl2O3S2/c16-12-6-5-11(21-12)9(18)7-20-15(19)14-13(17)8-3-1-2-4-10(8)22-14/h1-6H,7H2. The lowest BCUT2D eigenvalue weighted by Crippen LogP contribution is -2.12. The molecule has 0 saturated heterocycles. The van der Waals surface area contributed by atoms with Crippen LogP contribution in [0.3, 0.4) is 0 Å². The van der Waals surface area contributed by atoms with Crippen LogP contribution in [0.4, 0.5) is 0 Å². The first-order chi connectivity index (χ1) is 10.6. The fourth-order valence-corrected chi connectivity index (χ4v) is 4.25. The van der Waals surface area contributed by atoms with Crippen molar-refractivity contribution in [2.45, 2.75) is 0 Å². The van der Waals surface area contributed by atoms with Crippen molar-refractivity contribution in [2.24, 2.45) is 0 Å². The third-order valence-electron chi connectivity index (χ3n) is 2.90. The number of hydrogen-bond acceptors (Lipinski definition) is 5. The van der Waals surface area contributed by atoms with Crippen molar-refractivity contribution in [3.8, 4) is 0 Å². The van der Waals surface area contributed by atoms with Crippen LogP contribution in [-0.4, -0.2) is 18.4 Å². The summed E-state index contributed by atoms with van der Waals surface area (Å²) in [5.74, 6) is -0.885. The molecule has 22 heavy (non-hydrogen) atoms. The molecule has 3 nitrogen and oxygen atoms in total. The largest absolute Gasteiger partial charge is 0.453 e. The number of rotatable bonds is 4. The van der Waals surface area contributed by atoms with Crippen LogP contribution in [0, 0.1) is 0 Å². The van der Waals surface area contributed by atoms with Crippen LogP contribution >= 0.6 is 45.9 Å². The Morgan fingerprint density at radius 2 is 1.82 bits per heavy atom. The van der Waals surface area contributed by atoms with Crippen LogP contribution < -0.4 is 0 Å². The van der Waals surface area contributed by atoms with Gasteiger partial charge < -0.3 is 4.74 Å². The van der Waals surface area contributed by atoms with Gasteiger partial charge in [0.15, 0.2) is 6.61 Å². The smallest absolute Gasteiger partial charge is 0.350 e. The Morgan fingerprint density at radius 1 is 1.05 bits per heavy atom. The molecule has 0 spiro atoms. The number of carbonyl (C=O) groups excluding carboxylic acids is 2. The highest BCUT2D eigenvalue weighted by atomic mass is 35.5. The Bertz CT molecular complexity index is 867. The minimum absolute atomic E-state index is 0.289. The van der Waals surface area contributed by atoms with E-state index >= 15 is 0 Å². The molecule has 7 heteroatoms. The van der Waals surface area contributed by atoms with Crippen molar-refractivity contribution < 1.29 is 14.3 Å². The first-order valence-corrected chi connectivity index (χ1v) is 8.58. The second-order valence-corrected chi connectivity index (χ2v) is 7.49. The Kier molecular flexibility index (Phi) is 4.49. The minimum atomic E-state index is -0.595. The summed E-state index contributed by atoms with van der Waals surface area (Å²) in [5, 5.41) is 1.16. The number of fused-ring (bicyclic) bond motifs is 1. The summed E-state index contributed by atoms with van der Waals surface area (Å²) < 4.78 is 6.48. The van der Waals surface area contributed by atoms with Gasteiger partial charge in [0.05, 0.1) is 14.2 Å². The molecule has 2 heterocycles. The van der Waals surface area contributed by atoms with Crippen molar-refractivity contribution in [2.75, 3.05) is 6.61 Å². The summed E-state index contributed by atoms with van der Waals surface area (Å²) in [4.78, 5) is 24.8. The first kappa shape index (κ1) is 15.5. The molecule has 0 amide bonds. The lowest BCUT2D eigenvalue weighted by molar-refractivity contribution is 0.0481. The summed E-state index contributed by atoms with van der Waals surface area (Å²) in [7, 11) is 0. The van der Waals surface area contributed by atoms with Crippen molar-refractivity contribution >= 4 is 67.7 Å². The van der Waals surface area contributed by atoms with E-state index in [9.17, 15) is 9.59 Å². The fraction of sp³-hybridized carbons (Fsp3) is 0.0667. The molecule has 0 radical (unpaired) electrons. The lowest BCUT2D eigenvalue weighted by atomic mass is 10.2. The highest BCUT2D eigenvalue weighted by Crippen LogP contribution is 2.35. The van der Waals surface area contributed by atoms with Gasteiger partial charge in [-0.1, -0.05) is 41.4 Å². The molecule has 0 saturated carbocycles. The second-order valence-electron chi connectivity index (χ2n) is 4.34. The van der Waals surface area contributed by atoms with Crippen LogP contribution in [0.5, 0.6) is 0 Å². The van der Waals surface area contributed by atoms with E-state index in [2.05, 4.69) is 0 Å². The number of Topliss-reactive ketones (excluding diaryl/α,β-unsaturated/α-hetero) is 1. The number of halogens is 2. The van der Waals surface area contributed by atoms with Crippen molar-refractivity contribution in [1.82, 2.24) is 0 Å². The molecule has 3 rings (SSSR count). The van der Waals surface area contributed by atoms with E-state index in [-0.39, 0.29) is 12.4 Å². The Balaban J connectivity index is 1.73. The van der Waals surface area contributed by atoms with E-state index in [1.807, 2.05) is 24.3 Å². The quantitative estimate of drug-likeness (QED) is 0.461. The maximum atomic E-state index is 12.1. The Labute approximate surface area is 144 Å². The van der Waals surface area contributed by atoms with Crippen LogP contribution in [0.1, 0.15) is 19.3 Å². The molecule has 3 aromatic rings. The van der Waals surface area contributed by atoms with Gasteiger partial charge in [0.25, 0.3) is 0 Å². The summed E-state index contributed by atoms with van der Waals surface area (Å²) in [5.41, 5.74) is 0. The summed E-state index contributed by atoms with van der Waals surface area (Å²) >= 11 is 14.4. The van der Waals surface area contributed by atoms with Gasteiger partial charge in [-0.3, -0.25) is 4.79 Å². The maximum absolute atomic E-state index is 12.1. The van der Waals surface area contributed by atoms with Crippen molar-refractivity contribution in [3.05, 3.63) is 55.5 Å². The Morgan fingerprint density at radius 3 is 2.50 bits per heavy atom. The number of thiophene rings is 2. The molecule has 0 fully saturated rings. The highest BCUT2D eigenvalue weighted by molar-refractivity contribution is 7.21. The first-order valence-electron chi connectivity index (χ1n) is 6.19. The van der Waals surface area contributed by atoms with Crippen LogP contribution in [0.15, 0.2) is 36.4 Å².